The Balaban J connectivity index is 1.13. The molecule has 10 atom stereocenters. The van der Waals surface area contributed by atoms with E-state index < -0.39 is 82.9 Å². The molecular formula is C21H26N6O16P2. The molecule has 5 unspecified atom stereocenters. The zero-order valence-electron chi connectivity index (χ0n) is 22.5. The van der Waals surface area contributed by atoms with Gasteiger partial charge >= 0.3 is 15.6 Å². The Morgan fingerprint density at radius 3 is 2.13 bits per heavy atom. The Morgan fingerprint density at radius 1 is 0.911 bits per heavy atom. The van der Waals surface area contributed by atoms with Crippen molar-refractivity contribution in [3.63, 3.8) is 0 Å². The third-order valence-corrected chi connectivity index (χ3v) is 9.23. The van der Waals surface area contributed by atoms with Crippen LogP contribution in [0.25, 0.3) is 11.2 Å². The number of hydrogen-bond acceptors (Lipinski definition) is 18. The van der Waals surface area contributed by atoms with Gasteiger partial charge < -0.3 is 50.2 Å². The number of nitro benzene ring substituents is 1. The number of phosphoric ester groups is 2. The monoisotopic (exact) mass is 680 g/mol. The molecule has 3 aromatic rings. The number of aliphatic hydroxyl groups excluding tert-OH is 4. The molecule has 24 heteroatoms. The standard InChI is InChI=1S/C21H26N6O16P2/c22-18-13-19(24-7-23-18)26(8-25-13)20-16(30)14(28)11(41-20)5-38-44(34,35)43-45(36,37)39-6-12-15(29)17(31)21(42-12)40-10-3-1-9(2-4-10)27(32)33/h1-4,7-8,11-12,14-17,20-21,28-31H,5-6H2,(H,34,35)(H,36,37)(H2,22,23,24)/t11-,12-,14+,15?,16?,17?,20-,21-/m1/s1. The van der Waals surface area contributed by atoms with Gasteiger partial charge in [-0.3, -0.25) is 23.7 Å². The summed E-state index contributed by atoms with van der Waals surface area (Å²) in [5, 5.41) is 52.1. The fraction of sp³-hybridized carbons (Fsp3) is 0.476. The summed E-state index contributed by atoms with van der Waals surface area (Å²) in [6, 6.07) is 4.66. The van der Waals surface area contributed by atoms with E-state index in [0.717, 1.165) is 18.5 Å². The molecule has 0 spiro atoms. The van der Waals surface area contributed by atoms with E-state index in [-0.39, 0.29) is 28.4 Å². The molecule has 0 radical (unpaired) electrons. The largest absolute Gasteiger partial charge is 0.481 e. The number of imidazole rings is 1. The second kappa shape index (κ2) is 12.9. The molecule has 0 aliphatic carbocycles. The third kappa shape index (κ3) is 7.28. The van der Waals surface area contributed by atoms with Gasteiger partial charge in [-0.25, -0.2) is 24.1 Å². The lowest BCUT2D eigenvalue weighted by Gasteiger charge is -2.20. The van der Waals surface area contributed by atoms with Crippen LogP contribution in [0.15, 0.2) is 36.9 Å². The molecule has 5 rings (SSSR count). The maximum Gasteiger partial charge on any atom is 0.481 e. The van der Waals surface area contributed by atoms with Gasteiger partial charge in [0.15, 0.2) is 17.7 Å². The minimum atomic E-state index is -5.39. The number of rotatable bonds is 12. The van der Waals surface area contributed by atoms with Crippen LogP contribution < -0.4 is 10.5 Å². The molecule has 45 heavy (non-hydrogen) atoms. The molecule has 2 fully saturated rings. The van der Waals surface area contributed by atoms with Crippen LogP contribution in [0.4, 0.5) is 11.5 Å². The van der Waals surface area contributed by atoms with Gasteiger partial charge in [0.05, 0.1) is 24.5 Å². The van der Waals surface area contributed by atoms with Gasteiger partial charge in [0, 0.05) is 12.1 Å². The first-order valence-electron chi connectivity index (χ1n) is 12.7. The van der Waals surface area contributed by atoms with Gasteiger partial charge in [0.1, 0.15) is 54.2 Å². The lowest BCUT2D eigenvalue weighted by atomic mass is 10.1. The number of aliphatic hydroxyl groups is 4. The number of nitrogen functional groups attached to an aromatic ring is 1. The molecular weight excluding hydrogens is 654 g/mol. The van der Waals surface area contributed by atoms with Crippen molar-refractivity contribution >= 4 is 38.3 Å². The minimum Gasteiger partial charge on any atom is -0.462 e. The first kappa shape index (κ1) is 33.2. The van der Waals surface area contributed by atoms with Crippen molar-refractivity contribution in [1.82, 2.24) is 19.5 Å². The van der Waals surface area contributed by atoms with Crippen molar-refractivity contribution in [2.45, 2.75) is 49.1 Å². The normalized spacial score (nSPS) is 31.1. The van der Waals surface area contributed by atoms with Crippen molar-refractivity contribution < 1.29 is 71.8 Å². The van der Waals surface area contributed by atoms with Crippen LogP contribution >= 0.6 is 15.6 Å². The minimum absolute atomic E-state index is 0.0280. The summed E-state index contributed by atoms with van der Waals surface area (Å²) in [4.78, 5) is 41.9. The third-order valence-electron chi connectivity index (χ3n) is 6.63. The number of aromatic nitrogens is 4. The SMILES string of the molecule is Nc1ncnc2c1ncn2[C@@H]1O[C@H](COP(=O)(O)OP(=O)(O)OC[C@H]2O[C@@H](Oc3ccc([N+](=O)[O-])cc3)C(O)C2O)[C@H](O)C1O. The lowest BCUT2D eigenvalue weighted by molar-refractivity contribution is -0.384. The van der Waals surface area contributed by atoms with Crippen molar-refractivity contribution in [1.29, 1.82) is 0 Å². The van der Waals surface area contributed by atoms with Gasteiger partial charge in [-0.2, -0.15) is 4.31 Å². The van der Waals surface area contributed by atoms with Crippen molar-refractivity contribution in [3.05, 3.63) is 47.0 Å². The second-order valence-electron chi connectivity index (χ2n) is 9.63. The topological polar surface area (TPSA) is 324 Å². The number of phosphoric acid groups is 2. The van der Waals surface area contributed by atoms with E-state index in [4.69, 9.17) is 19.9 Å². The zero-order valence-corrected chi connectivity index (χ0v) is 24.3. The van der Waals surface area contributed by atoms with E-state index in [0.29, 0.717) is 0 Å². The van der Waals surface area contributed by atoms with Crippen molar-refractivity contribution in [3.8, 4) is 5.75 Å². The molecule has 0 saturated carbocycles. The predicted octanol–water partition coefficient (Wildman–Crippen LogP) is -1.29. The van der Waals surface area contributed by atoms with Crippen molar-refractivity contribution in [2.24, 2.45) is 0 Å². The zero-order chi connectivity index (χ0) is 32.7. The molecule has 0 bridgehead atoms. The van der Waals surface area contributed by atoms with Crippen LogP contribution in [0, 0.1) is 10.1 Å². The van der Waals surface area contributed by atoms with E-state index in [1.54, 1.807) is 0 Å². The van der Waals surface area contributed by atoms with E-state index in [9.17, 15) is 49.5 Å². The van der Waals surface area contributed by atoms with E-state index in [1.165, 1.54) is 23.0 Å². The molecule has 8 N–H and O–H groups in total. The first-order valence-corrected chi connectivity index (χ1v) is 15.7. The summed E-state index contributed by atoms with van der Waals surface area (Å²) < 4.78 is 55.7. The molecule has 2 aromatic heterocycles. The van der Waals surface area contributed by atoms with Crippen LogP contribution in [0.5, 0.6) is 5.75 Å². The number of nitrogens with zero attached hydrogens (tertiary/aromatic N) is 5. The second-order valence-corrected chi connectivity index (χ2v) is 12.7. The Bertz CT molecular complexity index is 1630. The highest BCUT2D eigenvalue weighted by atomic mass is 31.3. The van der Waals surface area contributed by atoms with E-state index >= 15 is 0 Å². The predicted molar refractivity (Wildman–Crippen MR) is 143 cm³/mol. The Hall–Kier alpha value is -3.21. The maximum atomic E-state index is 12.4. The van der Waals surface area contributed by atoms with Crippen molar-refractivity contribution in [2.75, 3.05) is 18.9 Å². The van der Waals surface area contributed by atoms with E-state index in [1.807, 2.05) is 0 Å². The van der Waals surface area contributed by atoms with E-state index in [2.05, 4.69) is 28.3 Å². The molecule has 4 heterocycles. The lowest BCUT2D eigenvalue weighted by Crippen LogP contribution is -2.35. The highest BCUT2D eigenvalue weighted by Crippen LogP contribution is 2.60. The molecule has 2 aliphatic heterocycles. The van der Waals surface area contributed by atoms with Gasteiger partial charge in [-0.15, -0.1) is 0 Å². The summed E-state index contributed by atoms with van der Waals surface area (Å²) >= 11 is 0. The number of fused-ring (bicyclic) bond motifs is 1. The number of nitrogens with two attached hydrogens (primary N) is 1. The number of benzene rings is 1. The number of ether oxygens (including phenoxy) is 3. The number of non-ortho nitro benzene ring substituents is 1. The highest BCUT2D eigenvalue weighted by molar-refractivity contribution is 7.61. The number of nitro groups is 1. The summed E-state index contributed by atoms with van der Waals surface area (Å²) in [5.74, 6) is 0.0708. The highest BCUT2D eigenvalue weighted by Gasteiger charge is 2.48. The Morgan fingerprint density at radius 2 is 1.51 bits per heavy atom. The van der Waals surface area contributed by atoms with Crippen LogP contribution in [-0.4, -0.2) is 111 Å². The summed E-state index contributed by atoms with van der Waals surface area (Å²) in [7, 11) is -10.8. The molecule has 22 nitrogen and oxygen atoms in total. The molecule has 0 amide bonds. The molecule has 2 saturated heterocycles. The maximum absolute atomic E-state index is 12.4. The van der Waals surface area contributed by atoms with Crippen LogP contribution in [0.2, 0.25) is 0 Å². The molecule has 246 valence electrons. The first-order chi connectivity index (χ1) is 21.2. The Kier molecular flexibility index (Phi) is 9.50. The van der Waals surface area contributed by atoms with Gasteiger partial charge in [-0.05, 0) is 12.1 Å². The smallest absolute Gasteiger partial charge is 0.462 e. The van der Waals surface area contributed by atoms with Crippen LogP contribution in [-0.2, 0) is 32.0 Å². The fourth-order valence-electron chi connectivity index (χ4n) is 4.40. The van der Waals surface area contributed by atoms with Gasteiger partial charge in [0.25, 0.3) is 5.69 Å². The average molecular weight is 680 g/mol. The van der Waals surface area contributed by atoms with Crippen LogP contribution in [0.1, 0.15) is 6.23 Å². The fourth-order valence-corrected chi connectivity index (χ4v) is 6.49. The van der Waals surface area contributed by atoms with Crippen LogP contribution in [0.3, 0.4) is 0 Å². The molecule has 2 aliphatic rings. The number of anilines is 1. The quantitative estimate of drug-likeness (QED) is 0.0664. The summed E-state index contributed by atoms with van der Waals surface area (Å²) in [6.07, 6.45) is -10.1. The van der Waals surface area contributed by atoms with Gasteiger partial charge in [-0.1, -0.05) is 0 Å². The molecule has 1 aromatic carbocycles. The Labute approximate surface area is 250 Å². The number of hydrogen-bond donors (Lipinski definition) is 7. The van der Waals surface area contributed by atoms with Gasteiger partial charge in [0.2, 0.25) is 6.29 Å². The summed E-state index contributed by atoms with van der Waals surface area (Å²) in [6.45, 7) is -1.86. The summed E-state index contributed by atoms with van der Waals surface area (Å²) in [5.41, 5.74) is 5.85. The average Bonchev–Trinajstić information content (AvgIpc) is 3.61.